The van der Waals surface area contributed by atoms with Gasteiger partial charge in [0.2, 0.25) is 14.9 Å². The molecule has 0 heterocycles. The molecule has 8 nitrogen and oxygen atoms in total. The number of benzene rings is 2. The maximum absolute atomic E-state index is 13.4. The van der Waals surface area contributed by atoms with Crippen LogP contribution in [-0.4, -0.2) is 44.7 Å². The molecule has 9 heteroatoms. The van der Waals surface area contributed by atoms with Gasteiger partial charge in [-0.15, -0.1) is 0 Å². The van der Waals surface area contributed by atoms with Gasteiger partial charge in [-0.25, -0.2) is 4.79 Å². The van der Waals surface area contributed by atoms with E-state index in [9.17, 15) is 14.9 Å². The summed E-state index contributed by atoms with van der Waals surface area (Å²) >= 11 is 0. The number of ether oxygens (including phenoxy) is 2. The van der Waals surface area contributed by atoms with E-state index < -0.39 is 32.0 Å². The molecule has 2 aromatic carbocycles. The van der Waals surface area contributed by atoms with Crippen molar-refractivity contribution in [3.05, 3.63) is 82.6 Å². The van der Waals surface area contributed by atoms with Crippen LogP contribution < -0.4 is 9.64 Å². The second kappa shape index (κ2) is 14.6. The van der Waals surface area contributed by atoms with Crippen LogP contribution in [0.5, 0.6) is 5.75 Å². The fourth-order valence-corrected chi connectivity index (χ4v) is 11.2. The van der Waals surface area contributed by atoms with E-state index in [2.05, 4.69) is 41.5 Å². The molecule has 0 aromatic heterocycles. The van der Waals surface area contributed by atoms with E-state index in [4.69, 9.17) is 13.9 Å². The molecule has 0 aliphatic rings. The highest BCUT2D eigenvalue weighted by Gasteiger charge is 2.48. The number of rotatable bonds is 13. The fraction of sp³-hybridized carbons (Fsp3) is 0.531. The summed E-state index contributed by atoms with van der Waals surface area (Å²) in [6, 6.07) is 16.7. The monoisotopic (exact) mass is 584 g/mol. The van der Waals surface area contributed by atoms with Gasteiger partial charge in [0.15, 0.2) is 0 Å². The molecular weight excluding hydrogens is 536 g/mol. The summed E-state index contributed by atoms with van der Waals surface area (Å²) in [6.07, 6.45) is 2.18. The Kier molecular flexibility index (Phi) is 12.1. The van der Waals surface area contributed by atoms with Crippen molar-refractivity contribution in [3.8, 4) is 5.75 Å². The average molecular weight is 585 g/mol. The van der Waals surface area contributed by atoms with Crippen LogP contribution in [0.1, 0.15) is 73.8 Å². The number of methoxy groups -OCH3 is 1. The van der Waals surface area contributed by atoms with E-state index in [0.717, 1.165) is 5.56 Å². The van der Waals surface area contributed by atoms with E-state index in [1.807, 2.05) is 57.2 Å². The first kappa shape index (κ1) is 34.0. The van der Waals surface area contributed by atoms with Gasteiger partial charge in [-0.1, -0.05) is 78.0 Å². The predicted octanol–water partition coefficient (Wildman–Crippen LogP) is 8.57. The van der Waals surface area contributed by atoms with E-state index in [0.29, 0.717) is 11.4 Å². The number of carbonyl (C=O) groups excluding carboxylic acids is 1. The average Bonchev–Trinajstić information content (AvgIpc) is 2.88. The zero-order valence-electron chi connectivity index (χ0n) is 26.3. The minimum Gasteiger partial charge on any atom is -0.497 e. The Morgan fingerprint density at radius 2 is 1.49 bits per heavy atom. The summed E-state index contributed by atoms with van der Waals surface area (Å²) in [5.41, 5.74) is 1.46. The highest BCUT2D eigenvalue weighted by Crippen LogP contribution is 2.44. The third-order valence-electron chi connectivity index (χ3n) is 7.36. The molecule has 2 aromatic rings. The Morgan fingerprint density at radius 1 is 0.951 bits per heavy atom. The summed E-state index contributed by atoms with van der Waals surface area (Å²) < 4.78 is 18.1. The fourth-order valence-electron chi connectivity index (χ4n) is 5.65. The Bertz CT molecular complexity index is 1120. The van der Waals surface area contributed by atoms with Gasteiger partial charge in [0, 0.05) is 17.0 Å². The lowest BCUT2D eigenvalue weighted by Crippen LogP contribution is -2.52. The van der Waals surface area contributed by atoms with Gasteiger partial charge in [0.1, 0.15) is 17.5 Å². The van der Waals surface area contributed by atoms with E-state index >= 15 is 0 Å². The first-order valence-corrected chi connectivity index (χ1v) is 16.5. The molecule has 0 fully saturated rings. The highest BCUT2D eigenvalue weighted by atomic mass is 28.4. The number of hydrogen-bond acceptors (Lipinski definition) is 6. The molecule has 0 unspecified atom stereocenters. The summed E-state index contributed by atoms with van der Waals surface area (Å²) in [7, 11) is -0.916. The quantitative estimate of drug-likeness (QED) is 0.133. The molecule has 0 saturated heterocycles. The molecule has 0 aliphatic heterocycles. The van der Waals surface area contributed by atoms with Crippen LogP contribution in [0.15, 0.2) is 66.9 Å². The van der Waals surface area contributed by atoms with Crippen LogP contribution in [0.2, 0.25) is 16.6 Å². The van der Waals surface area contributed by atoms with Crippen molar-refractivity contribution < 1.29 is 23.6 Å². The van der Waals surface area contributed by atoms with Crippen LogP contribution in [0, 0.1) is 10.1 Å². The molecular formula is C32H48N2O6Si. The molecule has 0 saturated carbocycles. The van der Waals surface area contributed by atoms with Gasteiger partial charge in [0.05, 0.1) is 12.8 Å². The lowest BCUT2D eigenvalue weighted by Gasteiger charge is -2.45. The second-order valence-electron chi connectivity index (χ2n) is 12.3. The summed E-state index contributed by atoms with van der Waals surface area (Å²) in [6.45, 7) is 18.0. The number of carbonyl (C=O) groups is 1. The maximum Gasteiger partial charge on any atom is 0.418 e. The molecule has 2 rings (SSSR count). The molecule has 41 heavy (non-hydrogen) atoms. The lowest BCUT2D eigenvalue weighted by atomic mass is 9.93. The maximum atomic E-state index is 13.4. The van der Waals surface area contributed by atoms with Gasteiger partial charge >= 0.3 is 6.09 Å². The first-order valence-electron chi connectivity index (χ1n) is 14.3. The van der Waals surface area contributed by atoms with Gasteiger partial charge in [-0.05, 0) is 67.2 Å². The zero-order chi connectivity index (χ0) is 31.0. The van der Waals surface area contributed by atoms with Crippen molar-refractivity contribution in [2.75, 3.05) is 18.6 Å². The van der Waals surface area contributed by atoms with Crippen molar-refractivity contribution in [1.82, 2.24) is 0 Å². The first-order chi connectivity index (χ1) is 19.1. The van der Waals surface area contributed by atoms with Crippen LogP contribution in [0.3, 0.4) is 0 Å². The van der Waals surface area contributed by atoms with Crippen molar-refractivity contribution in [2.24, 2.45) is 0 Å². The summed E-state index contributed by atoms with van der Waals surface area (Å²) in [5.74, 6) is 0.161. The van der Waals surface area contributed by atoms with Crippen LogP contribution in [0.25, 0.3) is 0 Å². The number of nitro groups is 1. The van der Waals surface area contributed by atoms with E-state index in [1.54, 1.807) is 37.6 Å². The van der Waals surface area contributed by atoms with Gasteiger partial charge in [-0.2, -0.15) is 0 Å². The molecule has 226 valence electrons. The topological polar surface area (TPSA) is 91.1 Å². The SMILES string of the molecule is COc1ccc(N(/C=C/[C@@H](c2ccccc2)[C@@H](C[N+](=O)[O-])O[Si](C(C)C)(C(C)C)C(C)C)C(=O)OC(C)(C)C)cc1. The molecule has 1 amide bonds. The molecule has 0 N–H and O–H groups in total. The number of hydrogen-bond donors (Lipinski definition) is 0. The summed E-state index contributed by atoms with van der Waals surface area (Å²) in [5, 5.41) is 12.0. The minimum absolute atomic E-state index is 0.245. The zero-order valence-corrected chi connectivity index (χ0v) is 27.3. The molecule has 0 bridgehead atoms. The number of amides is 1. The third-order valence-corrected chi connectivity index (χ3v) is 13.5. The largest absolute Gasteiger partial charge is 0.497 e. The molecule has 0 radical (unpaired) electrons. The Labute approximate surface area is 247 Å². The van der Waals surface area contributed by atoms with Crippen molar-refractivity contribution >= 4 is 20.1 Å². The van der Waals surface area contributed by atoms with E-state index in [-0.39, 0.29) is 28.1 Å². The van der Waals surface area contributed by atoms with Crippen molar-refractivity contribution in [2.45, 2.75) is 96.6 Å². The van der Waals surface area contributed by atoms with Crippen LogP contribution >= 0.6 is 0 Å². The number of anilines is 1. The molecule has 0 aliphatic carbocycles. The van der Waals surface area contributed by atoms with Crippen LogP contribution in [-0.2, 0) is 9.16 Å². The Hall–Kier alpha value is -3.17. The molecule has 0 spiro atoms. The standard InChI is InChI=1S/C32H48N2O6Si/c1-23(2)41(24(3)4,25(5)6)40-30(22-34(36)37)29(26-14-12-11-13-15-26)20-21-33(31(35)39-32(7,8)9)27-16-18-28(38-10)19-17-27/h11-21,23-25,29-30H,22H2,1-10H3/b21-20+/t29-,30+/m0/s1. The highest BCUT2D eigenvalue weighted by molar-refractivity contribution is 6.77. The molecule has 2 atom stereocenters. The van der Waals surface area contributed by atoms with Gasteiger partial charge in [-0.3, -0.25) is 15.0 Å². The van der Waals surface area contributed by atoms with Crippen molar-refractivity contribution in [1.29, 1.82) is 0 Å². The summed E-state index contributed by atoms with van der Waals surface area (Å²) in [4.78, 5) is 26.6. The van der Waals surface area contributed by atoms with E-state index in [1.165, 1.54) is 4.90 Å². The second-order valence-corrected chi connectivity index (χ2v) is 17.7. The Balaban J connectivity index is 2.69. The predicted molar refractivity (Wildman–Crippen MR) is 168 cm³/mol. The Morgan fingerprint density at radius 3 is 1.93 bits per heavy atom. The minimum atomic E-state index is -2.49. The van der Waals surface area contributed by atoms with Gasteiger partial charge < -0.3 is 13.9 Å². The van der Waals surface area contributed by atoms with Crippen LogP contribution in [0.4, 0.5) is 10.5 Å². The normalized spacial score (nSPS) is 14.0. The smallest absolute Gasteiger partial charge is 0.418 e. The lowest BCUT2D eigenvalue weighted by molar-refractivity contribution is -0.489. The third kappa shape index (κ3) is 9.16. The number of nitrogens with zero attached hydrogens (tertiary/aromatic N) is 2. The van der Waals surface area contributed by atoms with Gasteiger partial charge in [0.25, 0.3) is 0 Å². The van der Waals surface area contributed by atoms with Crippen molar-refractivity contribution in [3.63, 3.8) is 0 Å².